The van der Waals surface area contributed by atoms with Gasteiger partial charge in [-0.05, 0) is 29.8 Å². The summed E-state index contributed by atoms with van der Waals surface area (Å²) in [4.78, 5) is 21.9. The number of non-ortho nitro benzene ring substituents is 1. The second kappa shape index (κ2) is 7.62. The van der Waals surface area contributed by atoms with Crippen molar-refractivity contribution in [3.8, 4) is 0 Å². The van der Waals surface area contributed by atoms with Crippen molar-refractivity contribution in [2.45, 2.75) is 0 Å². The second-order valence-electron chi connectivity index (χ2n) is 4.41. The number of halogens is 2. The van der Waals surface area contributed by atoms with E-state index in [1.54, 1.807) is 24.3 Å². The molecule has 2 rings (SSSR count). The zero-order valence-electron chi connectivity index (χ0n) is 11.6. The normalized spacial score (nSPS) is 10.5. The van der Waals surface area contributed by atoms with Crippen LogP contribution in [0.1, 0.15) is 5.56 Å². The van der Waals surface area contributed by atoms with Crippen LogP contribution in [-0.4, -0.2) is 11.0 Å². The molecular weight excluding hydrogens is 341 g/mol. The number of carbonyl (C=O) groups is 1. The van der Waals surface area contributed by atoms with Crippen molar-refractivity contribution < 1.29 is 9.72 Å². The Bertz CT molecular complexity index is 778. The third-order valence-corrected chi connectivity index (χ3v) is 3.31. The molecule has 2 aromatic carbocycles. The Morgan fingerprint density at radius 1 is 1.17 bits per heavy atom. The first kappa shape index (κ1) is 16.8. The van der Waals surface area contributed by atoms with Crippen LogP contribution in [-0.2, 0) is 0 Å². The molecule has 0 unspecified atom stereocenters. The van der Waals surface area contributed by atoms with Crippen LogP contribution in [0.5, 0.6) is 0 Å². The first-order chi connectivity index (χ1) is 11.0. The molecule has 0 aliphatic heterocycles. The average molecular weight is 352 g/mol. The summed E-state index contributed by atoms with van der Waals surface area (Å²) in [7, 11) is 0. The lowest BCUT2D eigenvalue weighted by atomic mass is 10.2. The summed E-state index contributed by atoms with van der Waals surface area (Å²) >= 11 is 11.7. The smallest absolute Gasteiger partial charge is 0.314 e. The van der Waals surface area contributed by atoms with E-state index < -0.39 is 11.0 Å². The van der Waals surface area contributed by atoms with Gasteiger partial charge in [-0.25, -0.2) is 4.79 Å². The van der Waals surface area contributed by atoms with E-state index in [1.807, 2.05) is 6.07 Å². The quantitative estimate of drug-likeness (QED) is 0.618. The Hall–Kier alpha value is -2.57. The van der Waals surface area contributed by atoms with Crippen LogP contribution >= 0.6 is 23.2 Å². The average Bonchev–Trinajstić information content (AvgIpc) is 2.49. The van der Waals surface area contributed by atoms with Crippen molar-refractivity contribution in [1.29, 1.82) is 0 Å². The molecule has 0 saturated carbocycles. The van der Waals surface area contributed by atoms with E-state index in [-0.39, 0.29) is 16.4 Å². The SMILES string of the molecule is O=C(N/C=C/c1cccc(Cl)c1)Nc1cc([N+](=O)[O-])ccc1Cl. The van der Waals surface area contributed by atoms with Crippen LogP contribution in [0.3, 0.4) is 0 Å². The lowest BCUT2D eigenvalue weighted by molar-refractivity contribution is -0.384. The molecule has 118 valence electrons. The summed E-state index contributed by atoms with van der Waals surface area (Å²) in [6.45, 7) is 0. The molecule has 0 spiro atoms. The maximum Gasteiger partial charge on any atom is 0.323 e. The molecule has 23 heavy (non-hydrogen) atoms. The van der Waals surface area contributed by atoms with Gasteiger partial charge in [0.15, 0.2) is 0 Å². The number of benzene rings is 2. The number of carbonyl (C=O) groups excluding carboxylic acids is 1. The molecule has 0 fully saturated rings. The molecule has 0 atom stereocenters. The maximum absolute atomic E-state index is 11.8. The number of amides is 2. The molecule has 2 N–H and O–H groups in total. The molecule has 0 bridgehead atoms. The van der Waals surface area contributed by atoms with Gasteiger partial charge >= 0.3 is 6.03 Å². The zero-order valence-corrected chi connectivity index (χ0v) is 13.1. The van der Waals surface area contributed by atoms with Crippen molar-refractivity contribution in [2.24, 2.45) is 0 Å². The first-order valence-corrected chi connectivity index (χ1v) is 7.15. The van der Waals surface area contributed by atoms with Gasteiger partial charge in [-0.3, -0.25) is 10.1 Å². The van der Waals surface area contributed by atoms with Gasteiger partial charge in [-0.2, -0.15) is 0 Å². The molecule has 0 aromatic heterocycles. The fourth-order valence-corrected chi connectivity index (χ4v) is 2.07. The lowest BCUT2D eigenvalue weighted by Gasteiger charge is -2.06. The van der Waals surface area contributed by atoms with E-state index in [2.05, 4.69) is 10.6 Å². The van der Waals surface area contributed by atoms with Crippen LogP contribution in [0.2, 0.25) is 10.0 Å². The topological polar surface area (TPSA) is 84.3 Å². The van der Waals surface area contributed by atoms with Crippen molar-refractivity contribution in [2.75, 3.05) is 5.32 Å². The van der Waals surface area contributed by atoms with Gasteiger partial charge in [0.2, 0.25) is 0 Å². The van der Waals surface area contributed by atoms with Crippen LogP contribution in [0.25, 0.3) is 6.08 Å². The molecule has 0 heterocycles. The van der Waals surface area contributed by atoms with Gasteiger partial charge in [-0.15, -0.1) is 0 Å². The molecule has 0 saturated heterocycles. The first-order valence-electron chi connectivity index (χ1n) is 6.39. The summed E-state index contributed by atoms with van der Waals surface area (Å²) in [6.07, 6.45) is 3.08. The lowest BCUT2D eigenvalue weighted by Crippen LogP contribution is -2.23. The number of rotatable bonds is 4. The largest absolute Gasteiger partial charge is 0.323 e. The third-order valence-electron chi connectivity index (χ3n) is 2.75. The monoisotopic (exact) mass is 351 g/mol. The van der Waals surface area contributed by atoms with Crippen molar-refractivity contribution in [3.63, 3.8) is 0 Å². The fourth-order valence-electron chi connectivity index (χ4n) is 1.70. The summed E-state index contributed by atoms with van der Waals surface area (Å²) in [5, 5.41) is 16.4. The number of nitrogens with zero attached hydrogens (tertiary/aromatic N) is 1. The summed E-state index contributed by atoms with van der Waals surface area (Å²) < 4.78 is 0. The van der Waals surface area contributed by atoms with Crippen molar-refractivity contribution in [1.82, 2.24) is 5.32 Å². The van der Waals surface area contributed by atoms with Gasteiger partial charge in [0.1, 0.15) is 0 Å². The molecule has 0 radical (unpaired) electrons. The minimum atomic E-state index is -0.578. The number of hydrogen-bond acceptors (Lipinski definition) is 3. The van der Waals surface area contributed by atoms with Gasteiger partial charge in [0.05, 0.1) is 15.6 Å². The van der Waals surface area contributed by atoms with Crippen molar-refractivity contribution >= 4 is 46.7 Å². The Morgan fingerprint density at radius 3 is 2.65 bits per heavy atom. The van der Waals surface area contributed by atoms with E-state index >= 15 is 0 Å². The number of hydrogen-bond donors (Lipinski definition) is 2. The van der Waals surface area contributed by atoms with Crippen molar-refractivity contribution in [3.05, 3.63) is 74.4 Å². The minimum Gasteiger partial charge on any atom is -0.314 e. The molecule has 2 aromatic rings. The van der Waals surface area contributed by atoms with Gasteiger partial charge in [0.25, 0.3) is 5.69 Å². The maximum atomic E-state index is 11.8. The summed E-state index contributed by atoms with van der Waals surface area (Å²) in [6, 6.07) is 10.3. The second-order valence-corrected chi connectivity index (χ2v) is 5.25. The van der Waals surface area contributed by atoms with Crippen LogP contribution in [0.15, 0.2) is 48.7 Å². The Balaban J connectivity index is 2.00. The van der Waals surface area contributed by atoms with Crippen LogP contribution in [0.4, 0.5) is 16.2 Å². The number of nitro benzene ring substituents is 1. The van der Waals surface area contributed by atoms with E-state index in [4.69, 9.17) is 23.2 Å². The Labute approximate surface area is 141 Å². The highest BCUT2D eigenvalue weighted by molar-refractivity contribution is 6.33. The highest BCUT2D eigenvalue weighted by Gasteiger charge is 2.11. The number of nitro groups is 1. The van der Waals surface area contributed by atoms with E-state index in [1.165, 1.54) is 24.4 Å². The predicted molar refractivity (Wildman–Crippen MR) is 90.7 cm³/mol. The van der Waals surface area contributed by atoms with E-state index in [0.29, 0.717) is 5.02 Å². The van der Waals surface area contributed by atoms with Crippen LogP contribution < -0.4 is 10.6 Å². The molecule has 2 amide bonds. The van der Waals surface area contributed by atoms with Crippen LogP contribution in [0, 0.1) is 10.1 Å². The Kier molecular flexibility index (Phi) is 5.56. The van der Waals surface area contributed by atoms with Gasteiger partial charge in [0, 0.05) is 23.4 Å². The van der Waals surface area contributed by atoms with E-state index in [9.17, 15) is 14.9 Å². The number of anilines is 1. The molecule has 6 nitrogen and oxygen atoms in total. The molecular formula is C15H11Cl2N3O3. The highest BCUT2D eigenvalue weighted by Crippen LogP contribution is 2.26. The molecule has 8 heteroatoms. The molecule has 0 aliphatic rings. The fraction of sp³-hybridized carbons (Fsp3) is 0. The minimum absolute atomic E-state index is 0.148. The predicted octanol–water partition coefficient (Wildman–Crippen LogP) is 4.69. The van der Waals surface area contributed by atoms with Gasteiger partial charge in [-0.1, -0.05) is 35.3 Å². The summed E-state index contributed by atoms with van der Waals surface area (Å²) in [5.74, 6) is 0. The zero-order chi connectivity index (χ0) is 16.8. The highest BCUT2D eigenvalue weighted by atomic mass is 35.5. The number of urea groups is 1. The van der Waals surface area contributed by atoms with Gasteiger partial charge < -0.3 is 10.6 Å². The summed E-state index contributed by atoms with van der Waals surface area (Å²) in [5.41, 5.74) is 0.792. The van der Waals surface area contributed by atoms with E-state index in [0.717, 1.165) is 5.56 Å². The third kappa shape index (κ3) is 4.98. The number of nitrogens with one attached hydrogen (secondary N) is 2. The Morgan fingerprint density at radius 2 is 1.96 bits per heavy atom. The molecule has 0 aliphatic carbocycles. The standard InChI is InChI=1S/C15H11Cl2N3O3/c16-11-3-1-2-10(8-11)6-7-18-15(21)19-14-9-12(20(22)23)4-5-13(14)17/h1-9H,(H2,18,19,21)/b7-6+.